The lowest BCUT2D eigenvalue weighted by Gasteiger charge is -2.15. The Labute approximate surface area is 128 Å². The van der Waals surface area contributed by atoms with Gasteiger partial charge < -0.3 is 10.2 Å². The van der Waals surface area contributed by atoms with E-state index in [1.165, 1.54) is 30.2 Å². The number of benzene rings is 1. The Morgan fingerprint density at radius 1 is 1.14 bits per heavy atom. The number of sulfonamides is 1. The number of hydrogen-bond acceptors (Lipinski definition) is 4. The standard InChI is InChI=1S/C15H25N3O2S/c1-17(2)21(19,20)15-8-6-14(7-9-15)16-10-5-13-18-11-3-4-12-18/h6-9,16H,3-5,10-13H2,1-2H3. The molecule has 6 heteroatoms. The number of anilines is 1. The van der Waals surface area contributed by atoms with Gasteiger partial charge in [-0.25, -0.2) is 12.7 Å². The van der Waals surface area contributed by atoms with Gasteiger partial charge in [0.05, 0.1) is 4.90 Å². The minimum Gasteiger partial charge on any atom is -0.385 e. The van der Waals surface area contributed by atoms with Crippen molar-refractivity contribution in [3.05, 3.63) is 24.3 Å². The van der Waals surface area contributed by atoms with Gasteiger partial charge in [-0.3, -0.25) is 0 Å². The minimum absolute atomic E-state index is 0.329. The van der Waals surface area contributed by atoms with E-state index < -0.39 is 10.0 Å². The molecule has 0 atom stereocenters. The highest BCUT2D eigenvalue weighted by Crippen LogP contribution is 2.16. The molecule has 1 aromatic rings. The van der Waals surface area contributed by atoms with E-state index in [1.54, 1.807) is 26.2 Å². The zero-order valence-corrected chi connectivity index (χ0v) is 13.7. The maximum absolute atomic E-state index is 12.0. The van der Waals surface area contributed by atoms with Crippen LogP contribution in [0.5, 0.6) is 0 Å². The Hall–Kier alpha value is -1.11. The molecule has 1 fully saturated rings. The van der Waals surface area contributed by atoms with E-state index in [1.807, 2.05) is 12.1 Å². The predicted molar refractivity (Wildman–Crippen MR) is 86.1 cm³/mol. The maximum atomic E-state index is 12.0. The summed E-state index contributed by atoms with van der Waals surface area (Å²) in [7, 11) is -0.248. The fourth-order valence-corrected chi connectivity index (χ4v) is 3.40. The summed E-state index contributed by atoms with van der Waals surface area (Å²) in [6, 6.07) is 6.95. The third-order valence-electron chi connectivity index (χ3n) is 3.81. The molecular formula is C15H25N3O2S. The fraction of sp³-hybridized carbons (Fsp3) is 0.600. The molecule has 2 rings (SSSR count). The first-order chi connectivity index (χ1) is 10.00. The van der Waals surface area contributed by atoms with Crippen molar-refractivity contribution < 1.29 is 8.42 Å². The first-order valence-electron chi connectivity index (χ1n) is 7.49. The van der Waals surface area contributed by atoms with Crippen molar-refractivity contribution in [2.24, 2.45) is 0 Å². The first-order valence-corrected chi connectivity index (χ1v) is 8.93. The van der Waals surface area contributed by atoms with E-state index >= 15 is 0 Å². The maximum Gasteiger partial charge on any atom is 0.242 e. The molecule has 1 heterocycles. The largest absolute Gasteiger partial charge is 0.385 e. The van der Waals surface area contributed by atoms with Gasteiger partial charge in [-0.1, -0.05) is 0 Å². The van der Waals surface area contributed by atoms with Gasteiger partial charge >= 0.3 is 0 Å². The summed E-state index contributed by atoms with van der Waals surface area (Å²) in [4.78, 5) is 2.82. The second-order valence-corrected chi connectivity index (χ2v) is 7.79. The van der Waals surface area contributed by atoms with Crippen LogP contribution < -0.4 is 5.32 Å². The number of likely N-dealkylation sites (tertiary alicyclic amines) is 1. The molecule has 1 aliphatic rings. The van der Waals surface area contributed by atoms with E-state index in [2.05, 4.69) is 10.2 Å². The van der Waals surface area contributed by atoms with Crippen molar-refractivity contribution in [3.8, 4) is 0 Å². The summed E-state index contributed by atoms with van der Waals surface area (Å²) in [5, 5.41) is 3.34. The van der Waals surface area contributed by atoms with Gasteiger partial charge in [0.25, 0.3) is 0 Å². The number of nitrogens with zero attached hydrogens (tertiary/aromatic N) is 2. The summed E-state index contributed by atoms with van der Waals surface area (Å²) in [6.45, 7) is 4.52. The SMILES string of the molecule is CN(C)S(=O)(=O)c1ccc(NCCCN2CCCC2)cc1. The van der Waals surface area contributed by atoms with Crippen molar-refractivity contribution in [1.82, 2.24) is 9.21 Å². The molecule has 0 unspecified atom stereocenters. The molecule has 1 N–H and O–H groups in total. The summed E-state index contributed by atoms with van der Waals surface area (Å²) >= 11 is 0. The van der Waals surface area contributed by atoms with E-state index in [-0.39, 0.29) is 0 Å². The van der Waals surface area contributed by atoms with Gasteiger partial charge in [0.1, 0.15) is 0 Å². The molecule has 0 amide bonds. The minimum atomic E-state index is -3.33. The van der Waals surface area contributed by atoms with Gasteiger partial charge in [0.15, 0.2) is 0 Å². The van der Waals surface area contributed by atoms with Gasteiger partial charge in [0.2, 0.25) is 10.0 Å². The highest BCUT2D eigenvalue weighted by molar-refractivity contribution is 7.89. The molecule has 0 saturated carbocycles. The Bertz CT molecular complexity index is 535. The molecule has 118 valence electrons. The fourth-order valence-electron chi connectivity index (χ4n) is 2.50. The van der Waals surface area contributed by atoms with Crippen LogP contribution in [0.4, 0.5) is 5.69 Å². The van der Waals surface area contributed by atoms with Crippen molar-refractivity contribution >= 4 is 15.7 Å². The summed E-state index contributed by atoms with van der Waals surface area (Å²) in [5.41, 5.74) is 0.967. The van der Waals surface area contributed by atoms with E-state index in [4.69, 9.17) is 0 Å². The average Bonchev–Trinajstić information content (AvgIpc) is 2.97. The van der Waals surface area contributed by atoms with Crippen LogP contribution in [0, 0.1) is 0 Å². The van der Waals surface area contributed by atoms with Crippen molar-refractivity contribution in [1.29, 1.82) is 0 Å². The van der Waals surface area contributed by atoms with E-state index in [0.717, 1.165) is 25.2 Å². The lowest BCUT2D eigenvalue weighted by Crippen LogP contribution is -2.22. The number of hydrogen-bond donors (Lipinski definition) is 1. The number of rotatable bonds is 7. The first kappa shape index (κ1) is 16.3. The van der Waals surface area contributed by atoms with E-state index in [9.17, 15) is 8.42 Å². The third-order valence-corrected chi connectivity index (χ3v) is 5.64. The molecule has 5 nitrogen and oxygen atoms in total. The lowest BCUT2D eigenvalue weighted by atomic mass is 10.3. The molecule has 21 heavy (non-hydrogen) atoms. The molecule has 0 bridgehead atoms. The molecule has 0 radical (unpaired) electrons. The highest BCUT2D eigenvalue weighted by Gasteiger charge is 2.16. The van der Waals surface area contributed by atoms with Gasteiger partial charge in [-0.05, 0) is 63.2 Å². The zero-order valence-electron chi connectivity index (χ0n) is 12.9. The molecule has 1 aromatic carbocycles. The van der Waals surface area contributed by atoms with E-state index in [0.29, 0.717) is 4.90 Å². The highest BCUT2D eigenvalue weighted by atomic mass is 32.2. The Morgan fingerprint density at radius 2 is 1.76 bits per heavy atom. The van der Waals surface area contributed by atoms with Crippen LogP contribution in [0.3, 0.4) is 0 Å². The predicted octanol–water partition coefficient (Wildman–Crippen LogP) is 1.83. The van der Waals surface area contributed by atoms with Gasteiger partial charge in [0, 0.05) is 26.3 Å². The summed E-state index contributed by atoms with van der Waals surface area (Å²) in [6.07, 6.45) is 3.77. The van der Waals surface area contributed by atoms with Crippen LogP contribution in [-0.4, -0.2) is 57.9 Å². The van der Waals surface area contributed by atoms with Crippen LogP contribution >= 0.6 is 0 Å². The summed E-state index contributed by atoms with van der Waals surface area (Å²) in [5.74, 6) is 0. The molecular weight excluding hydrogens is 286 g/mol. The number of nitrogens with one attached hydrogen (secondary N) is 1. The molecule has 0 aromatic heterocycles. The third kappa shape index (κ3) is 4.43. The smallest absolute Gasteiger partial charge is 0.242 e. The Balaban J connectivity index is 1.79. The van der Waals surface area contributed by atoms with Gasteiger partial charge in [-0.2, -0.15) is 0 Å². The van der Waals surface area contributed by atoms with Crippen LogP contribution in [0.2, 0.25) is 0 Å². The van der Waals surface area contributed by atoms with Crippen molar-refractivity contribution in [2.45, 2.75) is 24.2 Å². The van der Waals surface area contributed by atoms with Crippen LogP contribution in [-0.2, 0) is 10.0 Å². The normalized spacial score (nSPS) is 16.5. The molecule has 0 aliphatic carbocycles. The Kier molecular flexibility index (Phi) is 5.61. The monoisotopic (exact) mass is 311 g/mol. The summed E-state index contributed by atoms with van der Waals surface area (Å²) < 4.78 is 25.1. The van der Waals surface area contributed by atoms with Gasteiger partial charge in [-0.15, -0.1) is 0 Å². The Morgan fingerprint density at radius 3 is 2.33 bits per heavy atom. The molecule has 1 saturated heterocycles. The van der Waals surface area contributed by atoms with Crippen LogP contribution in [0.15, 0.2) is 29.2 Å². The van der Waals surface area contributed by atoms with Crippen molar-refractivity contribution in [2.75, 3.05) is 45.6 Å². The second-order valence-electron chi connectivity index (χ2n) is 5.64. The van der Waals surface area contributed by atoms with Crippen LogP contribution in [0.1, 0.15) is 19.3 Å². The average molecular weight is 311 g/mol. The quantitative estimate of drug-likeness (QED) is 0.781. The topological polar surface area (TPSA) is 52.7 Å². The zero-order chi connectivity index (χ0) is 15.3. The van der Waals surface area contributed by atoms with Crippen molar-refractivity contribution in [3.63, 3.8) is 0 Å². The molecule has 1 aliphatic heterocycles. The van der Waals surface area contributed by atoms with Crippen LogP contribution in [0.25, 0.3) is 0 Å². The molecule has 0 spiro atoms. The second kappa shape index (κ2) is 7.24. The lowest BCUT2D eigenvalue weighted by molar-refractivity contribution is 0.337.